The smallest absolute Gasteiger partial charge is 0.321 e. The zero-order valence-corrected chi connectivity index (χ0v) is 20.0. The van der Waals surface area contributed by atoms with Crippen LogP contribution in [-0.2, 0) is 4.74 Å². The molecule has 1 saturated carbocycles. The van der Waals surface area contributed by atoms with E-state index in [0.29, 0.717) is 19.1 Å². The van der Waals surface area contributed by atoms with Gasteiger partial charge in [0.25, 0.3) is 0 Å². The third-order valence-corrected chi connectivity index (χ3v) is 6.96. The Kier molecular flexibility index (Phi) is 7.96. The number of benzene rings is 1. The molecule has 182 valence electrons. The number of nitrogens with zero attached hydrogens (tertiary/aromatic N) is 2. The molecule has 2 heterocycles. The van der Waals surface area contributed by atoms with Gasteiger partial charge in [0.1, 0.15) is 0 Å². The van der Waals surface area contributed by atoms with Gasteiger partial charge in [-0.15, -0.1) is 0 Å². The third kappa shape index (κ3) is 6.53. The molecule has 2 atom stereocenters. The van der Waals surface area contributed by atoms with E-state index in [-0.39, 0.29) is 30.3 Å². The first-order valence-corrected chi connectivity index (χ1v) is 12.6. The molecule has 4 amide bonds. The lowest BCUT2D eigenvalue weighted by molar-refractivity contribution is -0.00517. The SMILES string of the molecule is CC1CN(c2ccccc2NC(=O)N2CCC(NC(=O)NC3CCCCC3)CC2)CC(C)O1. The number of hydrogen-bond acceptors (Lipinski definition) is 4. The van der Waals surface area contributed by atoms with Crippen molar-refractivity contribution in [1.29, 1.82) is 0 Å². The largest absolute Gasteiger partial charge is 0.372 e. The fourth-order valence-corrected chi connectivity index (χ4v) is 5.31. The number of hydrogen-bond donors (Lipinski definition) is 3. The minimum Gasteiger partial charge on any atom is -0.372 e. The highest BCUT2D eigenvalue weighted by Gasteiger charge is 2.27. The molecule has 0 radical (unpaired) electrons. The van der Waals surface area contributed by atoms with Gasteiger partial charge in [-0.05, 0) is 51.7 Å². The van der Waals surface area contributed by atoms with Crippen molar-refractivity contribution in [3.05, 3.63) is 24.3 Å². The number of carbonyl (C=O) groups excluding carboxylic acids is 2. The summed E-state index contributed by atoms with van der Waals surface area (Å²) in [5, 5.41) is 9.35. The van der Waals surface area contributed by atoms with Gasteiger partial charge in [0.15, 0.2) is 0 Å². The van der Waals surface area contributed by atoms with Gasteiger partial charge in [0.05, 0.1) is 23.6 Å². The Morgan fingerprint density at radius 3 is 2.15 bits per heavy atom. The zero-order valence-electron chi connectivity index (χ0n) is 20.0. The van der Waals surface area contributed by atoms with Crippen molar-refractivity contribution in [3.63, 3.8) is 0 Å². The van der Waals surface area contributed by atoms with Gasteiger partial charge in [-0.3, -0.25) is 0 Å². The van der Waals surface area contributed by atoms with Crippen LogP contribution in [-0.4, -0.2) is 67.4 Å². The molecule has 2 aliphatic heterocycles. The van der Waals surface area contributed by atoms with Crippen LogP contribution in [0.5, 0.6) is 0 Å². The van der Waals surface area contributed by atoms with Gasteiger partial charge in [-0.1, -0.05) is 31.4 Å². The van der Waals surface area contributed by atoms with Gasteiger partial charge in [-0.2, -0.15) is 0 Å². The van der Waals surface area contributed by atoms with Crippen LogP contribution >= 0.6 is 0 Å². The summed E-state index contributed by atoms with van der Waals surface area (Å²) in [6.07, 6.45) is 7.67. The van der Waals surface area contributed by atoms with E-state index in [9.17, 15) is 9.59 Å². The Morgan fingerprint density at radius 2 is 1.48 bits per heavy atom. The molecule has 33 heavy (non-hydrogen) atoms. The topological polar surface area (TPSA) is 85.9 Å². The summed E-state index contributed by atoms with van der Waals surface area (Å²) < 4.78 is 5.86. The molecular formula is C25H39N5O3. The molecule has 3 fully saturated rings. The lowest BCUT2D eigenvalue weighted by atomic mass is 9.96. The van der Waals surface area contributed by atoms with Crippen molar-refractivity contribution in [2.24, 2.45) is 0 Å². The highest BCUT2D eigenvalue weighted by molar-refractivity contribution is 5.93. The number of rotatable bonds is 4. The summed E-state index contributed by atoms with van der Waals surface area (Å²) in [4.78, 5) is 29.5. The summed E-state index contributed by atoms with van der Waals surface area (Å²) in [7, 11) is 0. The molecule has 1 aliphatic carbocycles. The van der Waals surface area contributed by atoms with Crippen molar-refractivity contribution in [3.8, 4) is 0 Å². The lowest BCUT2D eigenvalue weighted by Crippen LogP contribution is -2.51. The van der Waals surface area contributed by atoms with Gasteiger partial charge < -0.3 is 30.5 Å². The number of ether oxygens (including phenoxy) is 1. The molecular weight excluding hydrogens is 418 g/mol. The molecule has 0 spiro atoms. The number of para-hydroxylation sites is 2. The maximum atomic E-state index is 13.0. The van der Waals surface area contributed by atoms with Crippen molar-refractivity contribution in [1.82, 2.24) is 15.5 Å². The first-order valence-electron chi connectivity index (χ1n) is 12.6. The minimum absolute atomic E-state index is 0.0623. The standard InChI is InChI=1S/C25H39N5O3/c1-18-16-30(17-19(2)33-18)23-11-7-6-10-22(23)28-25(32)29-14-12-21(13-15-29)27-24(31)26-20-8-4-3-5-9-20/h6-7,10-11,18-21H,3-5,8-9,12-17H2,1-2H3,(H,28,32)(H2,26,27,31). The molecule has 1 aromatic rings. The van der Waals surface area contributed by atoms with Crippen LogP contribution in [0.2, 0.25) is 0 Å². The minimum atomic E-state index is -0.0816. The predicted molar refractivity (Wildman–Crippen MR) is 131 cm³/mol. The fraction of sp³-hybridized carbons (Fsp3) is 0.680. The van der Waals surface area contributed by atoms with Crippen LogP contribution in [0, 0.1) is 0 Å². The summed E-state index contributed by atoms with van der Waals surface area (Å²) in [6.45, 7) is 7.03. The predicted octanol–water partition coefficient (Wildman–Crippen LogP) is 3.93. The lowest BCUT2D eigenvalue weighted by Gasteiger charge is -2.38. The number of carbonyl (C=O) groups is 2. The highest BCUT2D eigenvalue weighted by Crippen LogP contribution is 2.29. The summed E-state index contributed by atoms with van der Waals surface area (Å²) >= 11 is 0. The average Bonchev–Trinajstić information content (AvgIpc) is 2.80. The van der Waals surface area contributed by atoms with Crippen LogP contribution in [0.25, 0.3) is 0 Å². The number of anilines is 2. The number of likely N-dealkylation sites (tertiary alicyclic amines) is 1. The average molecular weight is 458 g/mol. The molecule has 8 nitrogen and oxygen atoms in total. The molecule has 0 bridgehead atoms. The van der Waals surface area contributed by atoms with E-state index >= 15 is 0 Å². The van der Waals surface area contributed by atoms with Crippen molar-refractivity contribution in [2.45, 2.75) is 83.1 Å². The summed E-state index contributed by atoms with van der Waals surface area (Å²) in [5.74, 6) is 0. The highest BCUT2D eigenvalue weighted by atomic mass is 16.5. The summed E-state index contributed by atoms with van der Waals surface area (Å²) in [6, 6.07) is 8.25. The molecule has 2 saturated heterocycles. The number of morpholine rings is 1. The van der Waals surface area contributed by atoms with Crippen molar-refractivity contribution in [2.75, 3.05) is 36.4 Å². The van der Waals surface area contributed by atoms with E-state index in [4.69, 9.17) is 4.74 Å². The van der Waals surface area contributed by atoms with E-state index < -0.39 is 0 Å². The number of piperidine rings is 1. The maximum absolute atomic E-state index is 13.0. The van der Waals surface area contributed by atoms with E-state index in [0.717, 1.165) is 50.1 Å². The zero-order chi connectivity index (χ0) is 23.2. The normalized spacial score (nSPS) is 24.9. The molecule has 0 aromatic heterocycles. The Balaban J connectivity index is 1.26. The number of nitrogens with one attached hydrogen (secondary N) is 3. The second kappa shape index (κ2) is 11.1. The van der Waals surface area contributed by atoms with Crippen LogP contribution in [0.4, 0.5) is 21.0 Å². The Bertz CT molecular complexity index is 795. The van der Waals surface area contributed by atoms with Gasteiger partial charge in [-0.25, -0.2) is 9.59 Å². The van der Waals surface area contributed by atoms with E-state index in [1.807, 2.05) is 23.1 Å². The van der Waals surface area contributed by atoms with Crippen LogP contribution < -0.4 is 20.9 Å². The molecule has 3 aliphatic rings. The Hall–Kier alpha value is -2.48. The van der Waals surface area contributed by atoms with Crippen molar-refractivity contribution >= 4 is 23.4 Å². The number of urea groups is 2. The van der Waals surface area contributed by atoms with Crippen LogP contribution in [0.1, 0.15) is 58.8 Å². The Labute approximate surface area is 197 Å². The van der Waals surface area contributed by atoms with Crippen LogP contribution in [0.15, 0.2) is 24.3 Å². The van der Waals surface area contributed by atoms with Gasteiger partial charge >= 0.3 is 12.1 Å². The Morgan fingerprint density at radius 1 is 0.879 bits per heavy atom. The van der Waals surface area contributed by atoms with Gasteiger partial charge in [0.2, 0.25) is 0 Å². The van der Waals surface area contributed by atoms with E-state index in [2.05, 4.69) is 40.8 Å². The van der Waals surface area contributed by atoms with Gasteiger partial charge in [0, 0.05) is 38.3 Å². The van der Waals surface area contributed by atoms with E-state index in [1.54, 1.807) is 0 Å². The van der Waals surface area contributed by atoms with Crippen molar-refractivity contribution < 1.29 is 14.3 Å². The summed E-state index contributed by atoms with van der Waals surface area (Å²) in [5.41, 5.74) is 1.86. The van der Waals surface area contributed by atoms with E-state index in [1.165, 1.54) is 19.3 Å². The monoisotopic (exact) mass is 457 g/mol. The molecule has 3 N–H and O–H groups in total. The number of amides is 4. The second-order valence-electron chi connectivity index (χ2n) is 9.82. The first kappa shape index (κ1) is 23.7. The molecule has 2 unspecified atom stereocenters. The van der Waals surface area contributed by atoms with Crippen LogP contribution in [0.3, 0.4) is 0 Å². The third-order valence-electron chi connectivity index (χ3n) is 6.96. The molecule has 4 rings (SSSR count). The fourth-order valence-electron chi connectivity index (χ4n) is 5.31. The molecule has 8 heteroatoms. The second-order valence-corrected chi connectivity index (χ2v) is 9.82. The maximum Gasteiger partial charge on any atom is 0.321 e. The molecule has 1 aromatic carbocycles. The first-order chi connectivity index (χ1) is 16.0. The quantitative estimate of drug-likeness (QED) is 0.640.